The van der Waals surface area contributed by atoms with Crippen molar-refractivity contribution in [2.75, 3.05) is 0 Å². The highest BCUT2D eigenvalue weighted by molar-refractivity contribution is 5.94. The van der Waals surface area contributed by atoms with Gasteiger partial charge in [-0.25, -0.2) is 9.59 Å². The van der Waals surface area contributed by atoms with Crippen LogP contribution in [-0.2, 0) is 9.59 Å². The molecule has 0 heterocycles. The van der Waals surface area contributed by atoms with Crippen molar-refractivity contribution in [3.8, 4) is 0 Å². The molecule has 0 aromatic heterocycles. The van der Waals surface area contributed by atoms with Crippen molar-refractivity contribution in [1.29, 1.82) is 0 Å². The van der Waals surface area contributed by atoms with E-state index in [0.717, 1.165) is 18.9 Å². The molecule has 0 aromatic carbocycles. The third-order valence-corrected chi connectivity index (χ3v) is 3.20. The lowest BCUT2D eigenvalue weighted by Gasteiger charge is -2.11. The van der Waals surface area contributed by atoms with E-state index >= 15 is 0 Å². The fraction of sp³-hybridized carbons (Fsp3) is 0.625. The van der Waals surface area contributed by atoms with Gasteiger partial charge in [-0.15, -0.1) is 0 Å². The quantitative estimate of drug-likeness (QED) is 0.497. The van der Waals surface area contributed by atoms with Gasteiger partial charge in [0.05, 0.1) is 5.57 Å². The van der Waals surface area contributed by atoms with Gasteiger partial charge < -0.3 is 10.2 Å². The SMILES string of the molecule is CC(=C\C(=O)O)/C(=C\C[C@H](C)CCCC(C)C)C(=O)O. The topological polar surface area (TPSA) is 74.6 Å². The summed E-state index contributed by atoms with van der Waals surface area (Å²) in [5.74, 6) is -1.11. The first-order valence-corrected chi connectivity index (χ1v) is 7.09. The van der Waals surface area contributed by atoms with Gasteiger partial charge in [0.25, 0.3) is 0 Å². The van der Waals surface area contributed by atoms with E-state index in [1.54, 1.807) is 6.08 Å². The van der Waals surface area contributed by atoms with Crippen molar-refractivity contribution in [2.45, 2.75) is 53.4 Å². The first kappa shape index (κ1) is 18.4. The van der Waals surface area contributed by atoms with Gasteiger partial charge in [0.1, 0.15) is 0 Å². The standard InChI is InChI=1S/C16H26O4/c1-11(2)6-5-7-12(3)8-9-14(16(19)20)13(4)10-15(17)18/h9-12H,5-8H2,1-4H3,(H,17,18)(H,19,20)/b13-10+,14-9+/t12-/m1/s1. The number of rotatable bonds is 9. The number of allylic oxidation sites excluding steroid dienone is 1. The molecule has 20 heavy (non-hydrogen) atoms. The average molecular weight is 282 g/mol. The Morgan fingerprint density at radius 1 is 1.10 bits per heavy atom. The van der Waals surface area contributed by atoms with Crippen molar-refractivity contribution in [1.82, 2.24) is 0 Å². The van der Waals surface area contributed by atoms with Gasteiger partial charge in [-0.05, 0) is 30.8 Å². The summed E-state index contributed by atoms with van der Waals surface area (Å²) in [5.41, 5.74) is 0.363. The third-order valence-electron chi connectivity index (χ3n) is 3.20. The maximum Gasteiger partial charge on any atom is 0.335 e. The Morgan fingerprint density at radius 3 is 2.15 bits per heavy atom. The molecule has 2 N–H and O–H groups in total. The normalized spacial score (nSPS) is 14.4. The van der Waals surface area contributed by atoms with E-state index in [1.807, 2.05) is 0 Å². The summed E-state index contributed by atoms with van der Waals surface area (Å²) >= 11 is 0. The van der Waals surface area contributed by atoms with Crippen LogP contribution in [0.4, 0.5) is 0 Å². The second-order valence-corrected chi connectivity index (χ2v) is 5.75. The van der Waals surface area contributed by atoms with Gasteiger partial charge in [-0.3, -0.25) is 0 Å². The van der Waals surface area contributed by atoms with Gasteiger partial charge >= 0.3 is 11.9 Å². The van der Waals surface area contributed by atoms with Crippen molar-refractivity contribution in [2.24, 2.45) is 11.8 Å². The highest BCUT2D eigenvalue weighted by Gasteiger charge is 2.11. The molecule has 0 aromatic rings. The first-order valence-electron chi connectivity index (χ1n) is 7.09. The molecule has 0 saturated heterocycles. The van der Waals surface area contributed by atoms with Crippen LogP contribution in [0.5, 0.6) is 0 Å². The molecule has 4 heteroatoms. The molecule has 0 saturated carbocycles. The molecular weight excluding hydrogens is 256 g/mol. The van der Waals surface area contributed by atoms with Gasteiger partial charge in [0.15, 0.2) is 0 Å². The van der Waals surface area contributed by atoms with Gasteiger partial charge in [0.2, 0.25) is 0 Å². The van der Waals surface area contributed by atoms with Crippen molar-refractivity contribution in [3.63, 3.8) is 0 Å². The molecule has 0 bridgehead atoms. The number of carboxylic acids is 2. The largest absolute Gasteiger partial charge is 0.478 e. The molecule has 0 aliphatic carbocycles. The fourth-order valence-electron chi connectivity index (χ4n) is 1.99. The molecule has 114 valence electrons. The highest BCUT2D eigenvalue weighted by Crippen LogP contribution is 2.18. The fourth-order valence-corrected chi connectivity index (χ4v) is 1.99. The lowest BCUT2D eigenvalue weighted by molar-refractivity contribution is -0.132. The van der Waals surface area contributed by atoms with E-state index in [-0.39, 0.29) is 11.1 Å². The smallest absolute Gasteiger partial charge is 0.335 e. The van der Waals surface area contributed by atoms with Crippen molar-refractivity contribution < 1.29 is 19.8 Å². The van der Waals surface area contributed by atoms with E-state index in [1.165, 1.54) is 13.3 Å². The van der Waals surface area contributed by atoms with Crippen LogP contribution < -0.4 is 0 Å². The zero-order valence-electron chi connectivity index (χ0n) is 12.8. The number of aliphatic carboxylic acids is 2. The summed E-state index contributed by atoms with van der Waals surface area (Å²) in [4.78, 5) is 21.7. The van der Waals surface area contributed by atoms with Crippen LogP contribution in [-0.4, -0.2) is 22.2 Å². The van der Waals surface area contributed by atoms with Crippen molar-refractivity contribution >= 4 is 11.9 Å². The van der Waals surface area contributed by atoms with Gasteiger partial charge in [0, 0.05) is 6.08 Å². The van der Waals surface area contributed by atoms with Crippen LogP contribution in [0.3, 0.4) is 0 Å². The second kappa shape index (κ2) is 9.34. The number of hydrogen-bond acceptors (Lipinski definition) is 2. The van der Waals surface area contributed by atoms with Crippen LogP contribution in [0.25, 0.3) is 0 Å². The van der Waals surface area contributed by atoms with Crippen LogP contribution in [0.1, 0.15) is 53.4 Å². The Bertz CT molecular complexity index is 391. The molecule has 0 aliphatic rings. The minimum Gasteiger partial charge on any atom is -0.478 e. The Kier molecular flexibility index (Phi) is 8.61. The average Bonchev–Trinajstić information content (AvgIpc) is 2.26. The maximum absolute atomic E-state index is 11.1. The van der Waals surface area contributed by atoms with E-state index in [9.17, 15) is 9.59 Å². The monoisotopic (exact) mass is 282 g/mol. The van der Waals surface area contributed by atoms with E-state index < -0.39 is 11.9 Å². The van der Waals surface area contributed by atoms with Gasteiger partial charge in [-0.2, -0.15) is 0 Å². The summed E-state index contributed by atoms with van der Waals surface area (Å²) in [6.07, 6.45) is 6.60. The van der Waals surface area contributed by atoms with E-state index in [0.29, 0.717) is 18.3 Å². The summed E-state index contributed by atoms with van der Waals surface area (Å²) in [6.45, 7) is 7.98. The van der Waals surface area contributed by atoms with Crippen LogP contribution in [0, 0.1) is 11.8 Å². The summed E-state index contributed by atoms with van der Waals surface area (Å²) in [6, 6.07) is 0. The molecule has 0 radical (unpaired) electrons. The molecule has 0 amide bonds. The van der Waals surface area contributed by atoms with Crippen molar-refractivity contribution in [3.05, 3.63) is 23.3 Å². The zero-order valence-corrected chi connectivity index (χ0v) is 12.8. The molecule has 0 rings (SSSR count). The molecule has 1 atom stereocenters. The Hall–Kier alpha value is -1.58. The van der Waals surface area contributed by atoms with Gasteiger partial charge in [-0.1, -0.05) is 46.1 Å². The Morgan fingerprint density at radius 2 is 1.70 bits per heavy atom. The van der Waals surface area contributed by atoms with E-state index in [2.05, 4.69) is 20.8 Å². The maximum atomic E-state index is 11.1. The predicted octanol–water partition coefficient (Wildman–Crippen LogP) is 3.88. The van der Waals surface area contributed by atoms with E-state index in [4.69, 9.17) is 10.2 Å². The molecular formula is C16H26O4. The zero-order chi connectivity index (χ0) is 15.7. The predicted molar refractivity (Wildman–Crippen MR) is 79.6 cm³/mol. The number of hydrogen-bond donors (Lipinski definition) is 2. The Balaban J connectivity index is 4.56. The first-order chi connectivity index (χ1) is 9.23. The molecule has 0 unspecified atom stereocenters. The summed E-state index contributed by atoms with van der Waals surface area (Å²) in [7, 11) is 0. The highest BCUT2D eigenvalue weighted by atomic mass is 16.4. The molecule has 0 fully saturated rings. The molecule has 0 spiro atoms. The second-order valence-electron chi connectivity index (χ2n) is 5.75. The lowest BCUT2D eigenvalue weighted by atomic mass is 9.95. The summed E-state index contributed by atoms with van der Waals surface area (Å²) < 4.78 is 0. The van der Waals surface area contributed by atoms with Crippen LogP contribution in [0.15, 0.2) is 23.3 Å². The Labute approximate surface area is 121 Å². The lowest BCUT2D eigenvalue weighted by Crippen LogP contribution is -2.05. The molecule has 4 nitrogen and oxygen atoms in total. The molecule has 0 aliphatic heterocycles. The minimum absolute atomic E-state index is 0.0862. The number of carbonyl (C=O) groups is 2. The summed E-state index contributed by atoms with van der Waals surface area (Å²) in [5, 5.41) is 17.8. The third kappa shape index (κ3) is 8.51. The van der Waals surface area contributed by atoms with Crippen LogP contribution in [0.2, 0.25) is 0 Å². The number of carboxylic acid groups (broad SMARTS) is 2. The van der Waals surface area contributed by atoms with Crippen LogP contribution >= 0.6 is 0 Å². The minimum atomic E-state index is -1.13.